The number of aryl methyl sites for hydroxylation is 2. The topological polar surface area (TPSA) is 38.9 Å². The molecular weight excluding hydrogens is 167 g/mol. The number of anilines is 1. The Morgan fingerprint density at radius 1 is 1.46 bits per heavy atom. The Morgan fingerprint density at radius 2 is 2.00 bits per heavy atom. The molecule has 3 heteroatoms. The van der Waals surface area contributed by atoms with Crippen molar-refractivity contribution in [1.82, 2.24) is 4.98 Å². The lowest BCUT2D eigenvalue weighted by molar-refractivity contribution is 0.623. The lowest BCUT2D eigenvalue weighted by atomic mass is 10.2. The van der Waals surface area contributed by atoms with Crippen molar-refractivity contribution in [3.8, 4) is 0 Å². The molecule has 0 amide bonds. The Morgan fingerprint density at radius 3 is 2.46 bits per heavy atom. The molecule has 74 valence electrons. The van der Waals surface area contributed by atoms with Crippen molar-refractivity contribution < 1.29 is 4.39 Å². The van der Waals surface area contributed by atoms with E-state index in [0.29, 0.717) is 0 Å². The summed E-state index contributed by atoms with van der Waals surface area (Å²) in [5.41, 5.74) is 7.00. The van der Waals surface area contributed by atoms with Crippen LogP contribution in [0.25, 0.3) is 0 Å². The van der Waals surface area contributed by atoms with Gasteiger partial charge in [-0.1, -0.05) is 20.8 Å². The van der Waals surface area contributed by atoms with Crippen LogP contribution in [-0.4, -0.2) is 4.98 Å². The largest absolute Gasteiger partial charge is 0.381 e. The van der Waals surface area contributed by atoms with E-state index in [1.807, 2.05) is 27.7 Å². The summed E-state index contributed by atoms with van der Waals surface area (Å²) in [4.78, 5) is 3.89. The van der Waals surface area contributed by atoms with Crippen LogP contribution in [0.15, 0.2) is 6.07 Å². The quantitative estimate of drug-likeness (QED) is 0.728. The molecule has 0 fully saturated rings. The lowest BCUT2D eigenvalue weighted by Crippen LogP contribution is -2.00. The summed E-state index contributed by atoms with van der Waals surface area (Å²) in [6.07, 6.45) is 0.788. The molecule has 0 saturated heterocycles. The number of aromatic nitrogens is 1. The van der Waals surface area contributed by atoms with Crippen molar-refractivity contribution in [2.75, 3.05) is 5.73 Å². The van der Waals surface area contributed by atoms with Gasteiger partial charge in [0.2, 0.25) is 0 Å². The number of hydrogen-bond donors (Lipinski definition) is 1. The molecule has 1 rings (SSSR count). The third-order valence-electron chi connectivity index (χ3n) is 1.63. The van der Waals surface area contributed by atoms with Crippen molar-refractivity contribution >= 4 is 5.82 Å². The number of halogens is 1. The highest BCUT2D eigenvalue weighted by Crippen LogP contribution is 2.12. The van der Waals surface area contributed by atoms with Crippen LogP contribution in [-0.2, 0) is 6.42 Å². The molecule has 1 aromatic heterocycles. The van der Waals surface area contributed by atoms with E-state index in [1.165, 1.54) is 6.07 Å². The standard InChI is InChI=1S/C8H11FN2.C2H6/c1-3-7-5(2)4-6(9)8(10)11-7;1-2/h4H,3H2,1-2H3,(H2,10,11);1-2H3. The van der Waals surface area contributed by atoms with E-state index in [9.17, 15) is 4.39 Å². The highest BCUT2D eigenvalue weighted by Gasteiger charge is 2.03. The molecule has 13 heavy (non-hydrogen) atoms. The number of rotatable bonds is 1. The highest BCUT2D eigenvalue weighted by atomic mass is 19.1. The molecule has 0 unspecified atom stereocenters. The number of nitrogens with two attached hydrogens (primary N) is 1. The van der Waals surface area contributed by atoms with E-state index in [2.05, 4.69) is 4.98 Å². The maximum absolute atomic E-state index is 12.7. The molecule has 0 aliphatic rings. The average molecular weight is 184 g/mol. The second-order valence-corrected chi connectivity index (χ2v) is 2.47. The number of nitrogen functional groups attached to an aromatic ring is 1. The predicted molar refractivity (Wildman–Crippen MR) is 54.1 cm³/mol. The molecule has 1 aromatic rings. The molecule has 0 radical (unpaired) electrons. The van der Waals surface area contributed by atoms with Gasteiger partial charge in [-0.2, -0.15) is 0 Å². The molecule has 1 heterocycles. The van der Waals surface area contributed by atoms with Gasteiger partial charge in [0.25, 0.3) is 0 Å². The monoisotopic (exact) mass is 184 g/mol. The van der Waals surface area contributed by atoms with Crippen LogP contribution >= 0.6 is 0 Å². The summed E-state index contributed by atoms with van der Waals surface area (Å²) in [6.45, 7) is 7.79. The van der Waals surface area contributed by atoms with Gasteiger partial charge in [0, 0.05) is 5.69 Å². The molecule has 0 saturated carbocycles. The molecule has 2 N–H and O–H groups in total. The minimum atomic E-state index is -0.431. The minimum Gasteiger partial charge on any atom is -0.381 e. The first-order valence-electron chi connectivity index (χ1n) is 4.56. The van der Waals surface area contributed by atoms with Crippen LogP contribution in [0.3, 0.4) is 0 Å². The van der Waals surface area contributed by atoms with Crippen molar-refractivity contribution in [3.63, 3.8) is 0 Å². The van der Waals surface area contributed by atoms with Crippen LogP contribution in [0.4, 0.5) is 10.2 Å². The minimum absolute atomic E-state index is 0.00699. The first kappa shape index (κ1) is 11.9. The van der Waals surface area contributed by atoms with Gasteiger partial charge < -0.3 is 5.73 Å². The molecule has 0 atom stereocenters. The fourth-order valence-electron chi connectivity index (χ4n) is 0.992. The fraction of sp³-hybridized carbons (Fsp3) is 0.500. The van der Waals surface area contributed by atoms with Crippen LogP contribution in [0, 0.1) is 12.7 Å². The van der Waals surface area contributed by atoms with Crippen molar-refractivity contribution in [2.45, 2.75) is 34.1 Å². The maximum atomic E-state index is 12.7. The Labute approximate surface area is 79.0 Å². The van der Waals surface area contributed by atoms with Gasteiger partial charge in [0.05, 0.1) is 0 Å². The summed E-state index contributed by atoms with van der Waals surface area (Å²) in [5.74, 6) is -0.438. The molecule has 0 aromatic carbocycles. The summed E-state index contributed by atoms with van der Waals surface area (Å²) in [5, 5.41) is 0. The first-order valence-corrected chi connectivity index (χ1v) is 4.56. The predicted octanol–water partition coefficient (Wildman–Crippen LogP) is 2.70. The molecule has 0 aliphatic heterocycles. The van der Waals surface area contributed by atoms with E-state index >= 15 is 0 Å². The van der Waals surface area contributed by atoms with Gasteiger partial charge in [-0.15, -0.1) is 0 Å². The third-order valence-corrected chi connectivity index (χ3v) is 1.63. The van der Waals surface area contributed by atoms with Gasteiger partial charge in [0.15, 0.2) is 11.6 Å². The number of pyridine rings is 1. The van der Waals surface area contributed by atoms with Crippen molar-refractivity contribution in [3.05, 3.63) is 23.1 Å². The molecule has 0 spiro atoms. The van der Waals surface area contributed by atoms with Crippen LogP contribution < -0.4 is 5.73 Å². The zero-order valence-corrected chi connectivity index (χ0v) is 8.69. The lowest BCUT2D eigenvalue weighted by Gasteiger charge is -2.03. The number of hydrogen-bond acceptors (Lipinski definition) is 2. The van der Waals surface area contributed by atoms with Gasteiger partial charge >= 0.3 is 0 Å². The molecular formula is C10H17FN2. The third kappa shape index (κ3) is 3.01. The fourth-order valence-corrected chi connectivity index (χ4v) is 0.992. The average Bonchev–Trinajstić information content (AvgIpc) is 2.15. The summed E-state index contributed by atoms with van der Waals surface area (Å²) >= 11 is 0. The Balaban J connectivity index is 0.000000671. The molecule has 2 nitrogen and oxygen atoms in total. The van der Waals surface area contributed by atoms with Gasteiger partial charge in [-0.05, 0) is 25.0 Å². The number of nitrogens with zero attached hydrogens (tertiary/aromatic N) is 1. The zero-order valence-electron chi connectivity index (χ0n) is 8.69. The summed E-state index contributed by atoms with van der Waals surface area (Å²) < 4.78 is 12.7. The Kier molecular flexibility index (Phi) is 5.04. The van der Waals surface area contributed by atoms with Gasteiger partial charge in [-0.25, -0.2) is 9.37 Å². The maximum Gasteiger partial charge on any atom is 0.165 e. The van der Waals surface area contributed by atoms with Gasteiger partial charge in [0.1, 0.15) is 0 Å². The highest BCUT2D eigenvalue weighted by molar-refractivity contribution is 5.35. The Bertz CT molecular complexity index is 272. The molecule has 0 bridgehead atoms. The van der Waals surface area contributed by atoms with Gasteiger partial charge in [-0.3, -0.25) is 0 Å². The van der Waals surface area contributed by atoms with E-state index in [4.69, 9.17) is 5.73 Å². The SMILES string of the molecule is CC.CCc1nc(N)c(F)cc1C. The van der Waals surface area contributed by atoms with Crippen molar-refractivity contribution in [1.29, 1.82) is 0 Å². The van der Waals surface area contributed by atoms with E-state index in [1.54, 1.807) is 0 Å². The second-order valence-electron chi connectivity index (χ2n) is 2.47. The first-order chi connectivity index (χ1) is 6.15. The van der Waals surface area contributed by atoms with E-state index in [0.717, 1.165) is 17.7 Å². The van der Waals surface area contributed by atoms with Crippen molar-refractivity contribution in [2.24, 2.45) is 0 Å². The van der Waals surface area contributed by atoms with Crippen LogP contribution in [0.5, 0.6) is 0 Å². The molecule has 0 aliphatic carbocycles. The summed E-state index contributed by atoms with van der Waals surface area (Å²) in [7, 11) is 0. The normalized spacial score (nSPS) is 9.00. The zero-order chi connectivity index (χ0) is 10.4. The van der Waals surface area contributed by atoms with E-state index in [-0.39, 0.29) is 5.82 Å². The van der Waals surface area contributed by atoms with Crippen LogP contribution in [0.1, 0.15) is 32.0 Å². The van der Waals surface area contributed by atoms with E-state index < -0.39 is 5.82 Å². The van der Waals surface area contributed by atoms with Crippen LogP contribution in [0.2, 0.25) is 0 Å². The summed E-state index contributed by atoms with van der Waals surface area (Å²) in [6, 6.07) is 1.42. The Hall–Kier alpha value is -1.12. The second kappa shape index (κ2) is 5.51. The smallest absolute Gasteiger partial charge is 0.165 e.